The van der Waals surface area contributed by atoms with Gasteiger partial charge in [0.1, 0.15) is 17.5 Å². The molecule has 1 atom stereocenters. The molecule has 0 aliphatic heterocycles. The summed E-state index contributed by atoms with van der Waals surface area (Å²) in [4.78, 5) is 17.3. The van der Waals surface area contributed by atoms with Crippen molar-refractivity contribution in [3.8, 4) is 0 Å². The Kier molecular flexibility index (Phi) is 5.79. The van der Waals surface area contributed by atoms with E-state index in [4.69, 9.17) is 4.74 Å². The number of carbonyl (C=O) groups is 1. The van der Waals surface area contributed by atoms with Crippen LogP contribution in [0.4, 0.5) is 4.79 Å². The summed E-state index contributed by atoms with van der Waals surface area (Å²) in [7, 11) is 1.98. The lowest BCUT2D eigenvalue weighted by atomic mass is 10.2. The molecule has 2 N–H and O–H groups in total. The molecule has 0 radical (unpaired) electrons. The molecule has 1 unspecified atom stereocenters. The Morgan fingerprint density at radius 2 is 2.22 bits per heavy atom. The van der Waals surface area contributed by atoms with Crippen LogP contribution in [-0.2, 0) is 11.8 Å². The Hall–Kier alpha value is -1.86. The zero-order valence-corrected chi connectivity index (χ0v) is 14.8. The average molecular weight is 336 g/mol. The largest absolute Gasteiger partial charge is 0.444 e. The molecule has 0 fully saturated rings. The minimum atomic E-state index is -0.482. The zero-order valence-electron chi connectivity index (χ0n) is 14.0. The number of imidazole rings is 1. The summed E-state index contributed by atoms with van der Waals surface area (Å²) in [5.74, 6) is 0.949. The van der Waals surface area contributed by atoms with Crippen LogP contribution in [0.25, 0.3) is 0 Å². The van der Waals surface area contributed by atoms with E-state index in [0.29, 0.717) is 13.1 Å². The molecule has 0 bridgehead atoms. The van der Waals surface area contributed by atoms with Crippen LogP contribution in [0.3, 0.4) is 0 Å². The van der Waals surface area contributed by atoms with Crippen LogP contribution in [0.15, 0.2) is 29.9 Å². The molecule has 0 saturated heterocycles. The predicted molar refractivity (Wildman–Crippen MR) is 91.6 cm³/mol. The predicted octanol–water partition coefficient (Wildman–Crippen LogP) is 2.69. The molecule has 126 valence electrons. The van der Waals surface area contributed by atoms with Crippen molar-refractivity contribution >= 4 is 17.4 Å². The molecule has 2 rings (SSSR count). The molecule has 23 heavy (non-hydrogen) atoms. The number of carbonyl (C=O) groups excluding carboxylic acids is 1. The van der Waals surface area contributed by atoms with E-state index in [9.17, 15) is 4.79 Å². The quantitative estimate of drug-likeness (QED) is 0.796. The van der Waals surface area contributed by atoms with Crippen molar-refractivity contribution in [3.63, 3.8) is 0 Å². The highest BCUT2D eigenvalue weighted by atomic mass is 32.1. The number of aryl methyl sites for hydroxylation is 1. The summed E-state index contributed by atoms with van der Waals surface area (Å²) in [5.41, 5.74) is -0.482. The van der Waals surface area contributed by atoms with E-state index in [2.05, 4.69) is 21.7 Å². The normalized spacial score (nSPS) is 12.9. The maximum atomic E-state index is 11.6. The standard InChI is InChI=1S/C16H24N4O2S/c1-16(2,3)22-15(21)19-8-7-17-13(12-6-5-11-23-12)14-18-9-10-20(14)4/h5-6,9-11,13,17H,7-8H2,1-4H3,(H,19,21). The summed E-state index contributed by atoms with van der Waals surface area (Å²) in [6.07, 6.45) is 3.32. The van der Waals surface area contributed by atoms with Gasteiger partial charge in [0.25, 0.3) is 0 Å². The molecular weight excluding hydrogens is 312 g/mol. The van der Waals surface area contributed by atoms with Crippen LogP contribution in [0.1, 0.15) is 37.5 Å². The molecule has 2 heterocycles. The fourth-order valence-electron chi connectivity index (χ4n) is 2.13. The first-order valence-electron chi connectivity index (χ1n) is 7.57. The Morgan fingerprint density at radius 3 is 2.78 bits per heavy atom. The van der Waals surface area contributed by atoms with Gasteiger partial charge in [-0.2, -0.15) is 0 Å². The summed E-state index contributed by atoms with van der Waals surface area (Å²) >= 11 is 1.68. The van der Waals surface area contributed by atoms with Crippen molar-refractivity contribution in [2.24, 2.45) is 7.05 Å². The lowest BCUT2D eigenvalue weighted by molar-refractivity contribution is 0.0528. The van der Waals surface area contributed by atoms with Gasteiger partial charge in [0, 0.05) is 37.4 Å². The van der Waals surface area contributed by atoms with Crippen LogP contribution in [0.5, 0.6) is 0 Å². The molecule has 1 amide bonds. The molecule has 7 heteroatoms. The second kappa shape index (κ2) is 7.61. The number of nitrogens with zero attached hydrogens (tertiary/aromatic N) is 2. The first-order valence-corrected chi connectivity index (χ1v) is 8.45. The van der Waals surface area contributed by atoms with Crippen LogP contribution in [-0.4, -0.2) is 34.3 Å². The summed E-state index contributed by atoms with van der Waals surface area (Å²) in [6, 6.07) is 4.12. The van der Waals surface area contributed by atoms with Crippen LogP contribution in [0.2, 0.25) is 0 Å². The Morgan fingerprint density at radius 1 is 1.43 bits per heavy atom. The molecular formula is C16H24N4O2S. The smallest absolute Gasteiger partial charge is 0.407 e. The van der Waals surface area contributed by atoms with Crippen molar-refractivity contribution in [1.29, 1.82) is 0 Å². The van der Waals surface area contributed by atoms with Gasteiger partial charge in [-0.25, -0.2) is 9.78 Å². The van der Waals surface area contributed by atoms with Crippen molar-refractivity contribution < 1.29 is 9.53 Å². The maximum absolute atomic E-state index is 11.6. The second-order valence-corrected chi connectivity index (χ2v) is 7.21. The van der Waals surface area contributed by atoms with Crippen molar-refractivity contribution in [1.82, 2.24) is 20.2 Å². The summed E-state index contributed by atoms with van der Waals surface area (Å²) in [5, 5.41) is 8.24. The number of nitrogens with one attached hydrogen (secondary N) is 2. The van der Waals surface area contributed by atoms with E-state index in [0.717, 1.165) is 5.82 Å². The highest BCUT2D eigenvalue weighted by molar-refractivity contribution is 7.10. The minimum absolute atomic E-state index is 0.00966. The lowest BCUT2D eigenvalue weighted by Gasteiger charge is -2.20. The number of ether oxygens (including phenoxy) is 1. The molecule has 0 aromatic carbocycles. The number of amides is 1. The number of alkyl carbamates (subject to hydrolysis) is 1. The van der Waals surface area contributed by atoms with E-state index in [1.54, 1.807) is 17.5 Å². The van der Waals surface area contributed by atoms with Gasteiger partial charge in [0.15, 0.2) is 0 Å². The second-order valence-electron chi connectivity index (χ2n) is 6.23. The van der Waals surface area contributed by atoms with Crippen molar-refractivity contribution in [2.45, 2.75) is 32.4 Å². The van der Waals surface area contributed by atoms with Gasteiger partial charge in [-0.05, 0) is 32.2 Å². The molecule has 0 aliphatic carbocycles. The van der Waals surface area contributed by atoms with E-state index < -0.39 is 11.7 Å². The SMILES string of the molecule is Cn1ccnc1C(NCCNC(=O)OC(C)(C)C)c1cccs1. The lowest BCUT2D eigenvalue weighted by Crippen LogP contribution is -2.37. The van der Waals surface area contributed by atoms with E-state index >= 15 is 0 Å². The minimum Gasteiger partial charge on any atom is -0.444 e. The molecule has 0 spiro atoms. The summed E-state index contributed by atoms with van der Waals surface area (Å²) in [6.45, 7) is 6.64. The van der Waals surface area contributed by atoms with Gasteiger partial charge in [-0.1, -0.05) is 6.07 Å². The first-order chi connectivity index (χ1) is 10.9. The molecule has 2 aromatic rings. The van der Waals surface area contributed by atoms with Gasteiger partial charge < -0.3 is 19.9 Å². The van der Waals surface area contributed by atoms with E-state index in [1.807, 2.05) is 50.0 Å². The third-order valence-electron chi connectivity index (χ3n) is 3.09. The van der Waals surface area contributed by atoms with Crippen molar-refractivity contribution in [3.05, 3.63) is 40.6 Å². The highest BCUT2D eigenvalue weighted by Crippen LogP contribution is 2.24. The third-order valence-corrected chi connectivity index (χ3v) is 4.02. The van der Waals surface area contributed by atoms with E-state index in [-0.39, 0.29) is 6.04 Å². The number of hydrogen-bond donors (Lipinski definition) is 2. The molecule has 0 aliphatic rings. The first kappa shape index (κ1) is 17.5. The summed E-state index contributed by atoms with van der Waals surface area (Å²) < 4.78 is 7.21. The Balaban J connectivity index is 1.88. The molecule has 2 aromatic heterocycles. The maximum Gasteiger partial charge on any atom is 0.407 e. The number of hydrogen-bond acceptors (Lipinski definition) is 5. The fraction of sp³-hybridized carbons (Fsp3) is 0.500. The fourth-order valence-corrected chi connectivity index (χ4v) is 2.92. The molecule has 0 saturated carbocycles. The number of thiophene rings is 1. The van der Waals surface area contributed by atoms with Crippen LogP contribution in [0, 0.1) is 0 Å². The van der Waals surface area contributed by atoms with Crippen LogP contribution < -0.4 is 10.6 Å². The Bertz CT molecular complexity index is 616. The van der Waals surface area contributed by atoms with Gasteiger partial charge >= 0.3 is 6.09 Å². The van der Waals surface area contributed by atoms with Gasteiger partial charge in [0.05, 0.1) is 0 Å². The molecule has 6 nitrogen and oxygen atoms in total. The van der Waals surface area contributed by atoms with Crippen molar-refractivity contribution in [2.75, 3.05) is 13.1 Å². The van der Waals surface area contributed by atoms with Gasteiger partial charge in [0.2, 0.25) is 0 Å². The number of rotatable bonds is 6. The monoisotopic (exact) mass is 336 g/mol. The third kappa shape index (κ3) is 5.37. The average Bonchev–Trinajstić information content (AvgIpc) is 3.09. The van der Waals surface area contributed by atoms with Gasteiger partial charge in [-0.3, -0.25) is 0 Å². The zero-order chi connectivity index (χ0) is 16.9. The number of aromatic nitrogens is 2. The van der Waals surface area contributed by atoms with Gasteiger partial charge in [-0.15, -0.1) is 11.3 Å². The highest BCUT2D eigenvalue weighted by Gasteiger charge is 2.19. The van der Waals surface area contributed by atoms with Crippen LogP contribution >= 0.6 is 11.3 Å². The topological polar surface area (TPSA) is 68.2 Å². The Labute approximate surface area is 140 Å². The van der Waals surface area contributed by atoms with E-state index in [1.165, 1.54) is 4.88 Å².